The fourth-order valence-corrected chi connectivity index (χ4v) is 12.8. The van der Waals surface area contributed by atoms with Crippen molar-refractivity contribution in [3.63, 3.8) is 0 Å². The van der Waals surface area contributed by atoms with Crippen LogP contribution in [0.2, 0.25) is 0 Å². The van der Waals surface area contributed by atoms with Gasteiger partial charge in [0.25, 0.3) is 51.8 Å². The van der Waals surface area contributed by atoms with E-state index in [1.165, 1.54) is 48.7 Å². The van der Waals surface area contributed by atoms with Crippen molar-refractivity contribution in [1.29, 1.82) is 0 Å². The first kappa shape index (κ1) is 95.4. The number of alkyl halides is 3. The zero-order valence-corrected chi connectivity index (χ0v) is 68.3. The Kier molecular flexibility index (Phi) is 30.6. The Balaban J connectivity index is 0.000000170. The molecule has 2 aliphatic carbocycles. The highest BCUT2D eigenvalue weighted by atomic mass is 32.2. The van der Waals surface area contributed by atoms with Crippen molar-refractivity contribution in [2.75, 3.05) is 57.9 Å². The molecule has 12 aromatic rings. The van der Waals surface area contributed by atoms with E-state index in [0.717, 1.165) is 76.0 Å². The Hall–Kier alpha value is -16.8. The topological polar surface area (TPSA) is 627 Å². The molecule has 46 heteroatoms. The number of halogens is 3. The molecule has 2 saturated carbocycles. The van der Waals surface area contributed by atoms with E-state index in [9.17, 15) is 124 Å². The van der Waals surface area contributed by atoms with Crippen molar-refractivity contribution in [2.45, 2.75) is 45.1 Å². The van der Waals surface area contributed by atoms with E-state index in [0.29, 0.717) is 40.8 Å². The van der Waals surface area contributed by atoms with E-state index in [-0.39, 0.29) is 67.1 Å². The van der Waals surface area contributed by atoms with Crippen molar-refractivity contribution in [1.82, 2.24) is 55.2 Å². The molecule has 5 amide bonds. The number of ketones is 1. The smallest absolute Gasteiger partial charge is 0.416 e. The second kappa shape index (κ2) is 41.8. The number of nitrogens with one attached hydrogen (secondary N) is 5. The van der Waals surface area contributed by atoms with Crippen LogP contribution >= 0.6 is 0 Å². The van der Waals surface area contributed by atoms with E-state index >= 15 is 0 Å². The second-order valence-electron chi connectivity index (χ2n) is 28.4. The van der Waals surface area contributed by atoms with Gasteiger partial charge >= 0.3 is 35.6 Å². The van der Waals surface area contributed by atoms with E-state index in [2.05, 4.69) is 20.9 Å². The number of para-hydroxylation sites is 4. The number of carboxylic acids is 4. The van der Waals surface area contributed by atoms with Gasteiger partial charge in [-0.05, 0) is 121 Å². The highest BCUT2D eigenvalue weighted by Gasteiger charge is 2.33. The minimum Gasteiger partial charge on any atom is -0.506 e. The highest BCUT2D eigenvalue weighted by Crippen LogP contribution is 2.34. The molecule has 0 atom stereocenters. The lowest BCUT2D eigenvalue weighted by molar-refractivity contribution is -0.138. The Morgan fingerprint density at radius 2 is 0.692 bits per heavy atom. The average Bonchev–Trinajstić information content (AvgIpc) is 1.72. The number of hydrogen-bond acceptors (Lipinski definition) is 28. The van der Waals surface area contributed by atoms with Crippen molar-refractivity contribution < 1.29 is 140 Å². The number of carbonyl (C=O) groups is 10. The standard InChI is InChI=1S/C19H14F3N3O6.C19H16N2O6.C18H20N2O7S.C16H16N2O6.C12H10N2O6/c20-19(21,22)11-5-3-10(4-6-11)9-31-25-16-12(2-1-7-23-16)15(28)14(18(25)30)17(29)24-8-13(26)27;22-15(23)10-20-18(25)16-17(24)13-8-4-5-9-14(13)21(19(16)26)27-11-12-6-2-1-3-7-12;1-28(25,26)10-12(21)8-19-17(23)15-16(22)13-4-2-3-5-14(13)20(18(15)24)27-9-11-6-7-11;19-12(20)7-17-15(22)13-14(21)10-3-1-2-4-11(10)18(16(13)23)24-8-9-5-6-9;15-8(16)5-13-11(18)9-10(17)6-3-1-2-4-7(6)14(20)12(9)19/h1-7,28H,8-9H2,(H,24,29)(H,26,27);1-9,24H,10-11H2,(H,20,25)(H,22,23);2-5,11,22H,6-10H2,1H3,(H,19,23);1-4,9,21H,5-8H2,(H,17,22)(H,19,20);1-4,17,20H,5H2,(H,13,18)(H,15,16). The van der Waals surface area contributed by atoms with Gasteiger partial charge in [-0.1, -0.05) is 91.0 Å². The maximum absolute atomic E-state index is 12.8. The number of amides is 5. The number of fused-ring (bicyclic) bond motifs is 5. The van der Waals surface area contributed by atoms with Crippen molar-refractivity contribution in [3.05, 3.63) is 266 Å². The molecule has 15 N–H and O–H groups in total. The summed E-state index contributed by atoms with van der Waals surface area (Å²) < 4.78 is 64.1. The van der Waals surface area contributed by atoms with Crippen LogP contribution in [0.5, 0.6) is 28.7 Å². The maximum atomic E-state index is 12.8. The lowest BCUT2D eigenvalue weighted by Crippen LogP contribution is -2.39. The number of benzene rings is 6. The Bertz CT molecular complexity index is 6890. The van der Waals surface area contributed by atoms with Crippen molar-refractivity contribution in [3.8, 4) is 28.7 Å². The number of pyridine rings is 6. The third-order valence-electron chi connectivity index (χ3n) is 18.7. The van der Waals surface area contributed by atoms with Crippen LogP contribution in [0.3, 0.4) is 0 Å². The summed E-state index contributed by atoms with van der Waals surface area (Å²) in [7, 11) is -3.53. The first-order valence-electron chi connectivity index (χ1n) is 38.3. The van der Waals surface area contributed by atoms with Gasteiger partial charge in [0, 0.05) is 34.0 Å². The number of carbonyl (C=O) groups excluding carboxylic acids is 6. The van der Waals surface area contributed by atoms with E-state index in [1.807, 2.05) is 41.0 Å². The van der Waals surface area contributed by atoms with Crippen LogP contribution in [-0.4, -0.2) is 205 Å². The fourth-order valence-electron chi connectivity index (χ4n) is 12.1. The molecule has 0 saturated heterocycles. The highest BCUT2D eigenvalue weighted by molar-refractivity contribution is 7.91. The third-order valence-corrected chi connectivity index (χ3v) is 19.5. The summed E-state index contributed by atoms with van der Waals surface area (Å²) in [5.74, 6) is -14.0. The molecule has 6 aromatic carbocycles. The number of aromatic nitrogens is 6. The van der Waals surface area contributed by atoms with E-state index in [1.54, 1.807) is 66.7 Å². The zero-order valence-electron chi connectivity index (χ0n) is 67.5. The maximum Gasteiger partial charge on any atom is 0.416 e. The first-order chi connectivity index (χ1) is 61.7. The number of aromatic hydroxyl groups is 5. The quantitative estimate of drug-likeness (QED) is 0.0300. The van der Waals surface area contributed by atoms with Crippen LogP contribution in [0.4, 0.5) is 13.2 Å². The number of hydrogen-bond donors (Lipinski definition) is 15. The fraction of sp³-hybridized carbons (Fsp3) is 0.214. The molecule has 14 rings (SSSR count). The monoisotopic (exact) mass is 1820 g/mol. The molecule has 6 aromatic heterocycles. The predicted octanol–water partition coefficient (Wildman–Crippen LogP) is 2.72. The molecule has 2 aliphatic rings. The van der Waals surface area contributed by atoms with Crippen molar-refractivity contribution in [2.24, 2.45) is 11.8 Å². The average molecular weight is 1820 g/mol. The summed E-state index contributed by atoms with van der Waals surface area (Å²) in [4.78, 5) is 204. The number of rotatable bonds is 29. The number of nitrogens with zero attached hydrogens (tertiary/aromatic N) is 6. The van der Waals surface area contributed by atoms with Crippen molar-refractivity contribution >= 4 is 124 Å². The van der Waals surface area contributed by atoms with Gasteiger partial charge < -0.3 is 97.1 Å². The van der Waals surface area contributed by atoms with Gasteiger partial charge in [-0.15, -0.1) is 23.7 Å². The molecule has 2 fully saturated rings. The van der Waals surface area contributed by atoms with Gasteiger partial charge in [0.15, 0.2) is 38.0 Å². The van der Waals surface area contributed by atoms with Crippen LogP contribution in [0.1, 0.15) is 94.2 Å². The molecule has 0 unspecified atom stereocenters. The Morgan fingerprint density at radius 1 is 0.392 bits per heavy atom. The Labute approximate surface area is 725 Å². The van der Waals surface area contributed by atoms with Gasteiger partial charge in [0.05, 0.1) is 39.6 Å². The van der Waals surface area contributed by atoms with Crippen LogP contribution in [0.25, 0.3) is 54.6 Å². The first-order valence-corrected chi connectivity index (χ1v) is 40.3. The molecule has 0 radical (unpaired) electrons. The summed E-state index contributed by atoms with van der Waals surface area (Å²) in [6, 6.07) is 41.1. The van der Waals surface area contributed by atoms with E-state index in [4.69, 9.17) is 39.8 Å². The molecule has 0 spiro atoms. The number of aliphatic carboxylic acids is 4. The minimum atomic E-state index is -4.51. The summed E-state index contributed by atoms with van der Waals surface area (Å²) in [5.41, 5.74) is -6.94. The zero-order chi connectivity index (χ0) is 94.8. The molecular weight excluding hydrogens is 1750 g/mol. The molecule has 6 heterocycles. The lowest BCUT2D eigenvalue weighted by Gasteiger charge is -2.15. The summed E-state index contributed by atoms with van der Waals surface area (Å²) in [5, 5.41) is 107. The van der Waals surface area contributed by atoms with Crippen LogP contribution in [0, 0.1) is 11.8 Å². The summed E-state index contributed by atoms with van der Waals surface area (Å²) in [6.45, 7) is -3.08. The van der Waals surface area contributed by atoms with E-state index < -0.39 is 204 Å². The number of Topliss-reactive ketones (excluding diaryl/α,β-unsaturated/α-hetero) is 1. The second-order valence-corrected chi connectivity index (χ2v) is 30.5. The lowest BCUT2D eigenvalue weighted by atomic mass is 10.1. The van der Waals surface area contributed by atoms with Crippen LogP contribution < -0.4 is 73.7 Å². The molecule has 0 bridgehead atoms. The normalized spacial score (nSPS) is 12.0. The molecule has 42 nitrogen and oxygen atoms in total. The predicted molar refractivity (Wildman–Crippen MR) is 448 cm³/mol. The number of sulfone groups is 1. The van der Waals surface area contributed by atoms with Gasteiger partial charge in [-0.2, -0.15) is 13.2 Å². The van der Waals surface area contributed by atoms with Gasteiger partial charge in [0.1, 0.15) is 98.2 Å². The minimum absolute atomic E-state index is 0.0322. The molecular formula is C84H76F3N11O31S. The Morgan fingerprint density at radius 3 is 1.05 bits per heavy atom. The van der Waals surface area contributed by atoms with Gasteiger partial charge in [0.2, 0.25) is 0 Å². The SMILES string of the molecule is CS(=O)(=O)CC(=O)CNC(=O)c1c(O)c2ccccc2n(OCC2CC2)c1=O.O=C(O)CNC(=O)c1c(O)c2ccccc2n(O)c1=O.O=C(O)CNC(=O)c1c(O)c2ccccc2n(OCC2CC2)c1=O.O=C(O)CNC(=O)c1c(O)c2ccccc2n(OCc2ccccc2)c1=O.O=C(O)CNC(=O)c1c(O)c2cccnc2n(OCc2ccc(C(F)(F)F)cc2)c1=O. The largest absolute Gasteiger partial charge is 0.506 e. The molecule has 0 aliphatic heterocycles. The summed E-state index contributed by atoms with van der Waals surface area (Å²) in [6.07, 6.45) is 1.74. The van der Waals surface area contributed by atoms with Gasteiger partial charge in [-0.3, -0.25) is 71.9 Å². The summed E-state index contributed by atoms with van der Waals surface area (Å²) >= 11 is 0. The third kappa shape index (κ3) is 23.8. The van der Waals surface area contributed by atoms with Crippen LogP contribution in [-0.2, 0) is 53.2 Å². The van der Waals surface area contributed by atoms with Crippen LogP contribution in [0.15, 0.2) is 194 Å². The van der Waals surface area contributed by atoms with Gasteiger partial charge in [-0.25, -0.2) is 13.4 Å². The number of carboxylic acid groups (broad SMARTS) is 4. The molecule has 680 valence electrons. The molecule has 130 heavy (non-hydrogen) atoms.